The molecule has 0 saturated carbocycles. The molecule has 7 heteroatoms. The second-order valence-electron chi connectivity index (χ2n) is 10.3. The molecule has 0 bridgehead atoms. The molecular weight excluding hydrogens is 452 g/mol. The molecule has 2 aliphatic heterocycles. The zero-order valence-electron chi connectivity index (χ0n) is 21.8. The lowest BCUT2D eigenvalue weighted by molar-refractivity contribution is -0.131. The van der Waals surface area contributed by atoms with E-state index >= 15 is 0 Å². The van der Waals surface area contributed by atoms with Crippen molar-refractivity contribution in [3.8, 4) is 5.75 Å². The van der Waals surface area contributed by atoms with Gasteiger partial charge in [-0.25, -0.2) is 4.99 Å². The molecule has 192 valence electrons. The van der Waals surface area contributed by atoms with Crippen molar-refractivity contribution in [2.45, 2.75) is 77.4 Å². The quantitative estimate of drug-likeness (QED) is 0.536. The van der Waals surface area contributed by atoms with E-state index in [-0.39, 0.29) is 29.9 Å². The normalized spacial score (nSPS) is 19.8. The maximum atomic E-state index is 13.4. The Balaban J connectivity index is 1.61. The molecule has 2 aliphatic rings. The first-order chi connectivity index (χ1) is 17.3. The Bertz CT molecular complexity index is 1140. The summed E-state index contributed by atoms with van der Waals surface area (Å²) in [7, 11) is 0. The van der Waals surface area contributed by atoms with E-state index in [1.54, 1.807) is 4.90 Å². The molecule has 2 heterocycles. The highest BCUT2D eigenvalue weighted by Crippen LogP contribution is 2.36. The Morgan fingerprint density at radius 2 is 1.94 bits per heavy atom. The van der Waals surface area contributed by atoms with Crippen LogP contribution in [0.2, 0.25) is 0 Å². The lowest BCUT2D eigenvalue weighted by atomic mass is 9.86. The third-order valence-corrected chi connectivity index (χ3v) is 7.47. The minimum Gasteiger partial charge on any atom is -0.493 e. The van der Waals surface area contributed by atoms with Crippen LogP contribution in [0.3, 0.4) is 0 Å². The number of ether oxygens (including phenoxy) is 1. The van der Waals surface area contributed by atoms with Crippen LogP contribution < -0.4 is 15.8 Å². The zero-order chi connectivity index (χ0) is 25.9. The van der Waals surface area contributed by atoms with Crippen LogP contribution in [0.1, 0.15) is 93.4 Å². The summed E-state index contributed by atoms with van der Waals surface area (Å²) in [6.07, 6.45) is 3.31. The van der Waals surface area contributed by atoms with Crippen molar-refractivity contribution in [2.75, 3.05) is 6.61 Å². The van der Waals surface area contributed by atoms with Gasteiger partial charge in [-0.1, -0.05) is 58.0 Å². The number of nitrogens with one attached hydrogen (secondary N) is 1. The maximum absolute atomic E-state index is 13.4. The first kappa shape index (κ1) is 25.7. The number of carbonyl (C=O) groups excluding carboxylic acids is 2. The number of guanidine groups is 1. The molecule has 2 unspecified atom stereocenters. The largest absolute Gasteiger partial charge is 0.493 e. The molecule has 0 saturated heterocycles. The van der Waals surface area contributed by atoms with Crippen LogP contribution in [-0.4, -0.2) is 34.8 Å². The highest BCUT2D eigenvalue weighted by Gasteiger charge is 2.40. The van der Waals surface area contributed by atoms with Gasteiger partial charge in [-0.2, -0.15) is 0 Å². The summed E-state index contributed by atoms with van der Waals surface area (Å²) in [6.45, 7) is 8.90. The van der Waals surface area contributed by atoms with Crippen LogP contribution in [0.25, 0.3) is 0 Å². The SMILES string of the molecule is CCC1(CC)CC(=O)N(C(CC(C)C)c2cccc(C(=O)NC3CCOc4ccccc43)c2)C(N)=N1. The molecule has 3 N–H and O–H groups in total. The second kappa shape index (κ2) is 10.7. The van der Waals surface area contributed by atoms with Gasteiger partial charge >= 0.3 is 0 Å². The number of rotatable bonds is 8. The van der Waals surface area contributed by atoms with Crippen molar-refractivity contribution in [3.63, 3.8) is 0 Å². The summed E-state index contributed by atoms with van der Waals surface area (Å²) in [5, 5.41) is 3.17. The molecule has 0 radical (unpaired) electrons. The van der Waals surface area contributed by atoms with Crippen molar-refractivity contribution in [2.24, 2.45) is 16.6 Å². The lowest BCUT2D eigenvalue weighted by Gasteiger charge is -2.40. The maximum Gasteiger partial charge on any atom is 0.251 e. The molecule has 0 spiro atoms. The predicted octanol–water partition coefficient (Wildman–Crippen LogP) is 5.13. The minimum atomic E-state index is -0.429. The highest BCUT2D eigenvalue weighted by atomic mass is 16.5. The number of hydrogen-bond acceptors (Lipinski definition) is 5. The van der Waals surface area contributed by atoms with E-state index in [0.717, 1.165) is 29.7 Å². The summed E-state index contributed by atoms with van der Waals surface area (Å²) < 4.78 is 5.73. The van der Waals surface area contributed by atoms with Crippen LogP contribution in [0.5, 0.6) is 5.75 Å². The number of hydrogen-bond donors (Lipinski definition) is 2. The Hall–Kier alpha value is -3.35. The smallest absolute Gasteiger partial charge is 0.251 e. The average Bonchev–Trinajstić information content (AvgIpc) is 2.87. The van der Waals surface area contributed by atoms with Crippen LogP contribution in [0.15, 0.2) is 53.5 Å². The van der Waals surface area contributed by atoms with Crippen molar-refractivity contribution in [1.82, 2.24) is 10.2 Å². The first-order valence-electron chi connectivity index (χ1n) is 13.1. The highest BCUT2D eigenvalue weighted by molar-refractivity contribution is 6.00. The molecule has 2 aromatic rings. The Morgan fingerprint density at radius 1 is 1.19 bits per heavy atom. The van der Waals surface area contributed by atoms with Crippen LogP contribution in [-0.2, 0) is 4.79 Å². The first-order valence-corrected chi connectivity index (χ1v) is 13.1. The summed E-state index contributed by atoms with van der Waals surface area (Å²) in [6, 6.07) is 14.9. The van der Waals surface area contributed by atoms with Crippen molar-refractivity contribution < 1.29 is 14.3 Å². The van der Waals surface area contributed by atoms with Crippen molar-refractivity contribution >= 4 is 17.8 Å². The van der Waals surface area contributed by atoms with E-state index < -0.39 is 5.54 Å². The number of nitrogens with zero attached hydrogens (tertiary/aromatic N) is 2. The summed E-state index contributed by atoms with van der Waals surface area (Å²) in [4.78, 5) is 33.2. The van der Waals surface area contributed by atoms with Gasteiger partial charge in [0.05, 0.1) is 30.7 Å². The van der Waals surface area contributed by atoms with Crippen LogP contribution in [0.4, 0.5) is 0 Å². The number of para-hydroxylation sites is 1. The molecule has 0 aromatic heterocycles. The molecule has 4 rings (SSSR count). The topological polar surface area (TPSA) is 97.0 Å². The van der Waals surface area contributed by atoms with E-state index in [4.69, 9.17) is 15.5 Å². The van der Waals surface area contributed by atoms with Gasteiger partial charge in [0.25, 0.3) is 5.91 Å². The van der Waals surface area contributed by atoms with E-state index in [9.17, 15) is 9.59 Å². The number of nitrogens with two attached hydrogens (primary N) is 1. The fourth-order valence-electron chi connectivity index (χ4n) is 5.28. The summed E-state index contributed by atoms with van der Waals surface area (Å²) in [5.74, 6) is 1.24. The van der Waals surface area contributed by atoms with E-state index in [1.807, 2.05) is 62.4 Å². The van der Waals surface area contributed by atoms with Gasteiger partial charge in [0, 0.05) is 17.5 Å². The molecule has 2 atom stereocenters. The zero-order valence-corrected chi connectivity index (χ0v) is 21.8. The van der Waals surface area contributed by atoms with E-state index in [2.05, 4.69) is 19.2 Å². The van der Waals surface area contributed by atoms with Gasteiger partial charge in [0.1, 0.15) is 5.75 Å². The third kappa shape index (κ3) is 5.25. The van der Waals surface area contributed by atoms with E-state index in [1.165, 1.54) is 0 Å². The standard InChI is InChI=1S/C29H38N4O3/c1-5-29(6-2)18-26(34)33(28(30)32-29)24(16-19(3)4)20-10-9-11-21(17-20)27(35)31-23-14-15-36-25-13-8-7-12-22(23)25/h7-13,17,19,23-24H,5-6,14-16,18H2,1-4H3,(H2,30,32)(H,31,35). The monoisotopic (exact) mass is 490 g/mol. The fourth-order valence-corrected chi connectivity index (χ4v) is 5.28. The Morgan fingerprint density at radius 3 is 2.64 bits per heavy atom. The van der Waals surface area contributed by atoms with Gasteiger partial charge in [-0.05, 0) is 48.9 Å². The van der Waals surface area contributed by atoms with Gasteiger partial charge < -0.3 is 15.8 Å². The number of carbonyl (C=O) groups is 2. The number of aliphatic imine (C=N–C) groups is 1. The number of benzene rings is 2. The third-order valence-electron chi connectivity index (χ3n) is 7.47. The summed E-state index contributed by atoms with van der Waals surface area (Å²) in [5.41, 5.74) is 8.44. The van der Waals surface area contributed by atoms with Gasteiger partial charge in [0.15, 0.2) is 5.96 Å². The lowest BCUT2D eigenvalue weighted by Crippen LogP contribution is -2.52. The molecule has 2 aromatic carbocycles. The molecule has 7 nitrogen and oxygen atoms in total. The van der Waals surface area contributed by atoms with Crippen LogP contribution in [0, 0.1) is 5.92 Å². The predicted molar refractivity (Wildman–Crippen MR) is 142 cm³/mol. The van der Waals surface area contributed by atoms with Crippen molar-refractivity contribution in [1.29, 1.82) is 0 Å². The molecule has 36 heavy (non-hydrogen) atoms. The Labute approximate surface area is 214 Å². The van der Waals surface area contributed by atoms with Gasteiger partial charge in [0.2, 0.25) is 5.91 Å². The van der Waals surface area contributed by atoms with Crippen molar-refractivity contribution in [3.05, 3.63) is 65.2 Å². The second-order valence-corrected chi connectivity index (χ2v) is 10.3. The number of fused-ring (bicyclic) bond motifs is 1. The molecule has 2 amide bonds. The molecular formula is C29H38N4O3. The Kier molecular flexibility index (Phi) is 7.67. The molecule has 0 aliphatic carbocycles. The average molecular weight is 491 g/mol. The van der Waals surface area contributed by atoms with Gasteiger partial charge in [-0.3, -0.25) is 14.5 Å². The van der Waals surface area contributed by atoms with Crippen LogP contribution >= 0.6 is 0 Å². The minimum absolute atomic E-state index is 0.00878. The van der Waals surface area contributed by atoms with E-state index in [0.29, 0.717) is 37.4 Å². The number of amides is 2. The van der Waals surface area contributed by atoms with Gasteiger partial charge in [-0.15, -0.1) is 0 Å². The summed E-state index contributed by atoms with van der Waals surface area (Å²) >= 11 is 0. The molecule has 0 fully saturated rings. The fraction of sp³-hybridized carbons (Fsp3) is 0.483.